The Kier molecular flexibility index (Phi) is 38.6. The summed E-state index contributed by atoms with van der Waals surface area (Å²) in [6.07, 6.45) is 16.6. The summed E-state index contributed by atoms with van der Waals surface area (Å²) >= 11 is 7.40. The molecule has 5 amide bonds. The number of aliphatic hydroxyl groups is 3. The highest BCUT2D eigenvalue weighted by Crippen LogP contribution is 2.37. The van der Waals surface area contributed by atoms with E-state index in [1.807, 2.05) is 9.13 Å². The van der Waals surface area contributed by atoms with E-state index in [0.717, 1.165) is 73.7 Å². The summed E-state index contributed by atoms with van der Waals surface area (Å²) in [6, 6.07) is 26.3. The number of aromatic nitrogens is 16. The van der Waals surface area contributed by atoms with Crippen LogP contribution >= 0.6 is 35.7 Å². The van der Waals surface area contributed by atoms with Gasteiger partial charge in [-0.2, -0.15) is 0 Å². The normalized spacial score (nSPS) is 18.1. The number of nitrogens with one attached hydrogen (secondary N) is 5. The molecule has 0 radical (unpaired) electrons. The number of methoxy groups -OCH3 is 1. The van der Waals surface area contributed by atoms with E-state index in [-0.39, 0.29) is 172 Å². The first-order valence-corrected chi connectivity index (χ1v) is 43.7. The lowest BCUT2D eigenvalue weighted by Gasteiger charge is -2.15. The van der Waals surface area contributed by atoms with E-state index >= 15 is 0 Å². The second kappa shape index (κ2) is 53.6. The van der Waals surface area contributed by atoms with Crippen LogP contribution in [0, 0.1) is 0 Å². The molecule has 8 aromatic heterocycles. The molecule has 4 fully saturated rings. The van der Waals surface area contributed by atoms with Crippen molar-refractivity contribution in [1.82, 2.24) is 88.7 Å². The van der Waals surface area contributed by atoms with Gasteiger partial charge in [0.2, 0.25) is 11.8 Å². The minimum Gasteiger partial charge on any atom is -0.461 e. The van der Waals surface area contributed by atoms with Gasteiger partial charge in [0, 0.05) is 56.3 Å². The molecule has 9 atom stereocenters. The quantitative estimate of drug-likeness (QED) is 0.00583. The van der Waals surface area contributed by atoms with Crippen molar-refractivity contribution >= 4 is 166 Å². The Morgan fingerprint density at radius 3 is 1.13 bits per heavy atom. The molecule has 4 aromatic carbocycles. The van der Waals surface area contributed by atoms with Crippen LogP contribution in [0.2, 0.25) is 0 Å². The summed E-state index contributed by atoms with van der Waals surface area (Å²) in [7, 11) is -0.198. The largest absolute Gasteiger partial charge is 0.461 e. The fourth-order valence-corrected chi connectivity index (χ4v) is 14.6. The molecule has 10 N–H and O–H groups in total. The van der Waals surface area contributed by atoms with Crippen molar-refractivity contribution in [3.63, 3.8) is 0 Å². The SMILES string of the molecule is C.C.C.Nc1ncnc2c1ncn2[C@H]1CC[C@@H](CO)O1.O=C(Cl)c1ccc(CO)cc1.[2H]B([3H])CSOC[C@@H]1CC[C@H](n2cnc3c(NC(=O)c4ccc(CO)cc4)ncnc32)O1.[2H]B([3H])CSOC[C@@H]1CC[C@H](n2cnc3c(NC(=O)c4ccc(COC(=O)CCC(=O)NC)cc4)ncnc32)O1.[2H]C([3H])OC[C@@H]1CC[C@H](n2cnc3c(NC(=O)c4ccc(COC(=O)CCC(=O)NC)cc4)ncnc32)O1. The Labute approximate surface area is 801 Å². The lowest BCUT2D eigenvalue weighted by molar-refractivity contribution is -0.146. The Bertz CT molecular complexity index is 6090. The van der Waals surface area contributed by atoms with Crippen LogP contribution in [-0.4, -0.2) is 244 Å². The molecule has 0 spiro atoms. The summed E-state index contributed by atoms with van der Waals surface area (Å²) in [4.78, 5) is 146. The van der Waals surface area contributed by atoms with Gasteiger partial charge in [0.25, 0.3) is 23.0 Å². The molecule has 135 heavy (non-hydrogen) atoms. The van der Waals surface area contributed by atoms with E-state index in [9.17, 15) is 38.4 Å². The number of rotatable bonds is 36. The van der Waals surface area contributed by atoms with Crippen LogP contribution in [0.25, 0.3) is 44.7 Å². The van der Waals surface area contributed by atoms with Crippen molar-refractivity contribution in [3.8, 4) is 0 Å². The molecule has 4 aliphatic heterocycles. The summed E-state index contributed by atoms with van der Waals surface area (Å²) in [5.41, 5.74) is 14.9. The average molecular weight is 1930 g/mol. The molecular weight excluding hydrogens is 1810 g/mol. The van der Waals surface area contributed by atoms with Crippen molar-refractivity contribution in [2.24, 2.45) is 0 Å². The lowest BCUT2D eigenvalue weighted by atomic mass is 10.1. The first kappa shape index (κ1) is 97.1. The zero-order valence-corrected chi connectivity index (χ0v) is 73.9. The molecule has 42 nitrogen and oxygen atoms in total. The number of nitrogen functional groups attached to an aromatic ring is 1. The maximum atomic E-state index is 12.9. The van der Waals surface area contributed by atoms with Gasteiger partial charge in [0.1, 0.15) is 84.5 Å². The Hall–Kier alpha value is -12.4. The summed E-state index contributed by atoms with van der Waals surface area (Å²) in [5, 5.41) is 39.6. The number of imidazole rings is 4. The number of halogens is 1. The van der Waals surface area contributed by atoms with Crippen molar-refractivity contribution in [2.45, 2.75) is 175 Å². The fraction of sp³-hybridized carbons (Fsp3) is 0.409. The minimum absolute atomic E-state index is 0. The topological polar surface area (TPSA) is 541 Å². The van der Waals surface area contributed by atoms with Crippen LogP contribution in [0.15, 0.2) is 148 Å². The van der Waals surface area contributed by atoms with Crippen LogP contribution in [-0.2, 0) is 87.1 Å². The lowest BCUT2D eigenvalue weighted by Crippen LogP contribution is -2.19. The zero-order chi connectivity index (χ0) is 98.2. The van der Waals surface area contributed by atoms with Gasteiger partial charge in [0.05, 0.1) is 105 Å². The number of aliphatic hydroxyl groups excluding tert-OH is 3. The van der Waals surface area contributed by atoms with E-state index in [0.29, 0.717) is 121 Å². The first-order chi connectivity index (χ1) is 66.7. The van der Waals surface area contributed by atoms with Crippen molar-refractivity contribution in [2.75, 3.05) is 80.6 Å². The van der Waals surface area contributed by atoms with Gasteiger partial charge >= 0.3 is 11.9 Å². The molecule has 4 saturated heterocycles. The number of hydrogen-bond acceptors (Lipinski definition) is 35. The number of carbonyl (C=O) groups excluding carboxylic acids is 8. The van der Waals surface area contributed by atoms with Gasteiger partial charge in [0.15, 0.2) is 62.4 Å². The summed E-state index contributed by atoms with van der Waals surface area (Å²) < 4.78 is 100. The van der Waals surface area contributed by atoms with E-state index in [4.69, 9.17) is 82.3 Å². The van der Waals surface area contributed by atoms with E-state index < -0.39 is 51.6 Å². The second-order valence-electron chi connectivity index (χ2n) is 29.4. The zero-order valence-electron chi connectivity index (χ0n) is 77.5. The van der Waals surface area contributed by atoms with E-state index in [2.05, 4.69) is 86.4 Å². The third-order valence-corrected chi connectivity index (χ3v) is 21.8. The monoisotopic (exact) mass is 1930 g/mol. The number of ether oxygens (including phenoxy) is 7. The molecule has 16 rings (SSSR count). The standard InChI is InChI=1S/C24H29BN6O6S.C24H28N6O6.C19H22BN5O4S.C10H13N5O2.C8H7ClO2.3CH4/c1-26-18(32)7-9-20(33)35-10-15-2-4-16(5-3-15)24(34)30-22-21-23(28-13-27-22)31(14-29-21)19-8-6-17(37-19)11-36-38-12-25;1-25-18(31)8-10-20(32)35-11-15-3-5-16(6-4-15)24(33)29-22-21-23(27-13-26-22)30(14-28-21)19-9-7-17(36-19)12-34-2;20-9-30-28-8-14-5-6-15(29-14)25-11-23-16-17(21-10-22-18(16)25)24-19(27)13-3-1-12(7-26)2-4-13;11-9-8-10(13-4-12-9)15(5-14-8)7-2-1-6(3-16)17-7;9-8(11)7-3-1-6(5-10)2-4-7;;;/h2-5,13-14,17,19H,6-12,25H2,1H3,(H,26,32)(H,27,28,30,34);3-6,13-14,17,19H,7-12H2,1-2H3,(H,25,31)(H,26,27,29,33);1-4,10-11,14-15,26H,5-9,20H2,(H,21,22,24,27);4-7,16H,1-3H2,(H2,11,12,13);1-4,10H,5H2;3*1H4/t2*17-,19+;14-,15+;6-,7+;;;;/m0000..../s1/i25TD;2TD;20TD;;;;;/tm;2?,17-,19+;m;;;;;. The fourth-order valence-electron chi connectivity index (χ4n) is 13.8. The first-order valence-electron chi connectivity index (χ1n) is 45.0. The van der Waals surface area contributed by atoms with Crippen LogP contribution in [0.1, 0.15) is 191 Å². The Balaban J connectivity index is 0.000000206. The Morgan fingerprint density at radius 1 is 0.467 bits per heavy atom. The summed E-state index contributed by atoms with van der Waals surface area (Å²) in [5.74, 6) is -1.38. The van der Waals surface area contributed by atoms with Gasteiger partial charge in [-0.15, -0.1) is 0 Å². The van der Waals surface area contributed by atoms with Crippen molar-refractivity contribution in [1.29, 1.82) is 5.34 Å². The van der Waals surface area contributed by atoms with Crippen LogP contribution in [0.4, 0.5) is 23.3 Å². The second-order valence-corrected chi connectivity index (χ2v) is 31.4. The number of hydrogen-bond donors (Lipinski definition) is 9. The van der Waals surface area contributed by atoms with Gasteiger partial charge in [-0.05, 0) is 174 Å². The smallest absolute Gasteiger partial charge is 0.306 e. The molecular formula is C88H111B2ClN22O20S2. The molecule has 1 unspecified atom stereocenters. The van der Waals surface area contributed by atoms with E-state index in [1.54, 1.807) is 132 Å². The molecule has 47 heteroatoms. The number of benzene rings is 4. The van der Waals surface area contributed by atoms with Gasteiger partial charge < -0.3 is 89.2 Å². The Morgan fingerprint density at radius 2 is 0.793 bits per heavy atom. The molecule has 0 saturated carbocycles. The highest BCUT2D eigenvalue weighted by molar-refractivity contribution is 7.95. The third kappa shape index (κ3) is 29.5. The van der Waals surface area contributed by atoms with Crippen LogP contribution in [0.3, 0.4) is 0 Å². The predicted molar refractivity (Wildman–Crippen MR) is 509 cm³/mol. The number of nitrogens with two attached hydrogens (primary N) is 1. The van der Waals surface area contributed by atoms with Crippen molar-refractivity contribution in [3.05, 3.63) is 192 Å². The number of anilines is 4. The van der Waals surface area contributed by atoms with Crippen molar-refractivity contribution < 1.29 is 97.9 Å². The number of carbonyl (C=O) groups is 8. The predicted octanol–water partition coefficient (Wildman–Crippen LogP) is 8.60. The molecule has 12 aromatic rings. The molecule has 718 valence electrons. The highest BCUT2D eigenvalue weighted by Gasteiger charge is 2.34. The molecule has 0 aliphatic carbocycles. The van der Waals surface area contributed by atoms with Crippen LogP contribution in [0.5, 0.6) is 0 Å². The van der Waals surface area contributed by atoms with Gasteiger partial charge in [-0.1, -0.05) is 70.8 Å². The number of amides is 5. The van der Waals surface area contributed by atoms with Crippen LogP contribution < -0.4 is 32.3 Å². The molecule has 0 bridgehead atoms. The third-order valence-electron chi connectivity index (χ3n) is 20.7. The molecule has 4 aliphatic rings. The number of esters is 2. The van der Waals surface area contributed by atoms with E-state index in [1.165, 1.54) is 39.4 Å². The average Bonchev–Trinajstić information content (AvgIpc) is 1.65. The highest BCUT2D eigenvalue weighted by atomic mass is 35.5. The maximum Gasteiger partial charge on any atom is 0.306 e. The van der Waals surface area contributed by atoms with Gasteiger partial charge in [-0.25, -0.2) is 59.8 Å². The summed E-state index contributed by atoms with van der Waals surface area (Å²) in [6.45, 7) is 0.901. The maximum absolute atomic E-state index is 12.9. The van der Waals surface area contributed by atoms with Gasteiger partial charge in [-0.3, -0.25) is 56.6 Å². The minimum atomic E-state index is -1.36. The number of nitrogens with zero attached hydrogens (tertiary/aromatic N) is 16. The number of fused-ring (bicyclic) bond motifs is 4. The molecule has 12 heterocycles.